The van der Waals surface area contributed by atoms with Crippen LogP contribution >= 0.6 is 11.3 Å². The maximum absolute atomic E-state index is 5.90. The summed E-state index contributed by atoms with van der Waals surface area (Å²) >= 11 is 1.74. The highest BCUT2D eigenvalue weighted by Gasteiger charge is 2.18. The Balaban J connectivity index is 2.24. The molecule has 1 unspecified atom stereocenters. The van der Waals surface area contributed by atoms with Gasteiger partial charge in [0.05, 0.1) is 5.69 Å². The van der Waals surface area contributed by atoms with Crippen molar-refractivity contribution in [1.82, 2.24) is 4.98 Å². The Morgan fingerprint density at radius 2 is 1.95 bits per heavy atom. The van der Waals surface area contributed by atoms with Crippen LogP contribution in [0.1, 0.15) is 49.2 Å². The van der Waals surface area contributed by atoms with Gasteiger partial charge in [-0.1, -0.05) is 44.2 Å². The monoisotopic (exact) mass is 303 g/mol. The van der Waals surface area contributed by atoms with Gasteiger partial charge >= 0.3 is 0 Å². The van der Waals surface area contributed by atoms with Crippen LogP contribution in [0.25, 0.3) is 0 Å². The van der Waals surface area contributed by atoms with Gasteiger partial charge in [0.2, 0.25) is 0 Å². The lowest BCUT2D eigenvalue weighted by molar-refractivity contribution is 0.700. The summed E-state index contributed by atoms with van der Waals surface area (Å²) in [6.45, 7) is 9.04. The highest BCUT2D eigenvalue weighted by atomic mass is 32.1. The lowest BCUT2D eigenvalue weighted by atomic mass is 10.0. The van der Waals surface area contributed by atoms with E-state index >= 15 is 0 Å². The average molecular weight is 303 g/mol. The quantitative estimate of drug-likeness (QED) is 0.836. The molecule has 1 aromatic heterocycles. The van der Waals surface area contributed by atoms with Crippen LogP contribution < -0.4 is 10.6 Å². The molecule has 1 aromatic carbocycles. The third-order valence-electron chi connectivity index (χ3n) is 3.85. The molecule has 0 amide bonds. The molecule has 0 spiro atoms. The molecular formula is C17H25N3S. The van der Waals surface area contributed by atoms with Crippen molar-refractivity contribution < 1.29 is 0 Å². The summed E-state index contributed by atoms with van der Waals surface area (Å²) in [5.74, 6) is 0.476. The number of benzene rings is 1. The smallest absolute Gasteiger partial charge is 0.186 e. The first-order chi connectivity index (χ1) is 10.2. The van der Waals surface area contributed by atoms with Crippen LogP contribution in [0.15, 0.2) is 30.3 Å². The zero-order valence-corrected chi connectivity index (χ0v) is 14.0. The van der Waals surface area contributed by atoms with Gasteiger partial charge in [0.25, 0.3) is 0 Å². The zero-order valence-electron chi connectivity index (χ0n) is 13.2. The highest BCUT2D eigenvalue weighted by Crippen LogP contribution is 2.32. The average Bonchev–Trinajstić information content (AvgIpc) is 2.97. The van der Waals surface area contributed by atoms with Crippen molar-refractivity contribution in [3.63, 3.8) is 0 Å². The van der Waals surface area contributed by atoms with E-state index in [2.05, 4.69) is 56.0 Å². The summed E-state index contributed by atoms with van der Waals surface area (Å²) in [6.07, 6.45) is 1.10. The Morgan fingerprint density at radius 3 is 2.52 bits per heavy atom. The van der Waals surface area contributed by atoms with Crippen LogP contribution in [-0.4, -0.2) is 11.5 Å². The Kier molecular flexibility index (Phi) is 5.76. The predicted molar refractivity (Wildman–Crippen MR) is 91.9 cm³/mol. The van der Waals surface area contributed by atoms with Crippen molar-refractivity contribution in [2.75, 3.05) is 11.4 Å². The number of aromatic nitrogens is 1. The van der Waals surface area contributed by atoms with Gasteiger partial charge in [0, 0.05) is 24.5 Å². The molecule has 2 rings (SSSR count). The van der Waals surface area contributed by atoms with Gasteiger partial charge in [-0.2, -0.15) is 0 Å². The summed E-state index contributed by atoms with van der Waals surface area (Å²) < 4.78 is 0. The zero-order chi connectivity index (χ0) is 15.2. The van der Waals surface area contributed by atoms with E-state index in [1.54, 1.807) is 11.3 Å². The van der Waals surface area contributed by atoms with Gasteiger partial charge in [-0.25, -0.2) is 4.98 Å². The van der Waals surface area contributed by atoms with E-state index in [0.717, 1.165) is 24.6 Å². The highest BCUT2D eigenvalue weighted by molar-refractivity contribution is 7.15. The van der Waals surface area contributed by atoms with Crippen molar-refractivity contribution in [1.29, 1.82) is 0 Å². The molecule has 0 bridgehead atoms. The summed E-state index contributed by atoms with van der Waals surface area (Å²) in [6, 6.07) is 10.5. The maximum atomic E-state index is 5.90. The fourth-order valence-electron chi connectivity index (χ4n) is 2.33. The van der Waals surface area contributed by atoms with E-state index in [9.17, 15) is 0 Å². The molecule has 2 aromatic rings. The van der Waals surface area contributed by atoms with E-state index in [1.165, 1.54) is 16.1 Å². The SMILES string of the molecule is CCC(C)c1nc(N(CC)Cc2ccccc2)sc1CN. The number of nitrogens with two attached hydrogens (primary N) is 1. The predicted octanol–water partition coefficient (Wildman–Crippen LogP) is 4.14. The number of hydrogen-bond donors (Lipinski definition) is 1. The standard InChI is InChI=1S/C17H25N3S/c1-4-13(3)16-15(11-18)21-17(19-16)20(5-2)12-14-9-7-6-8-10-14/h6-10,13H,4-5,11-12,18H2,1-3H3. The van der Waals surface area contributed by atoms with E-state index in [-0.39, 0.29) is 0 Å². The van der Waals surface area contributed by atoms with Crippen LogP contribution in [0.2, 0.25) is 0 Å². The molecule has 0 aliphatic rings. The normalized spacial score (nSPS) is 12.4. The van der Waals surface area contributed by atoms with Crippen molar-refractivity contribution in [2.24, 2.45) is 5.73 Å². The Labute approximate surface area is 131 Å². The van der Waals surface area contributed by atoms with Crippen LogP contribution in [0.3, 0.4) is 0 Å². The van der Waals surface area contributed by atoms with E-state index in [1.807, 2.05) is 0 Å². The van der Waals surface area contributed by atoms with Crippen molar-refractivity contribution >= 4 is 16.5 Å². The fraction of sp³-hybridized carbons (Fsp3) is 0.471. The van der Waals surface area contributed by atoms with E-state index < -0.39 is 0 Å². The van der Waals surface area contributed by atoms with Gasteiger partial charge in [0.15, 0.2) is 5.13 Å². The summed E-state index contributed by atoms with van der Waals surface area (Å²) in [4.78, 5) is 8.44. The van der Waals surface area contributed by atoms with Gasteiger partial charge in [-0.15, -0.1) is 11.3 Å². The largest absolute Gasteiger partial charge is 0.344 e. The molecule has 0 aliphatic carbocycles. The minimum atomic E-state index is 0.476. The van der Waals surface area contributed by atoms with Crippen LogP contribution in [0.5, 0.6) is 0 Å². The van der Waals surface area contributed by atoms with Crippen LogP contribution in [0.4, 0.5) is 5.13 Å². The van der Waals surface area contributed by atoms with Crippen molar-refractivity contribution in [3.8, 4) is 0 Å². The number of nitrogens with zero attached hydrogens (tertiary/aromatic N) is 2. The molecule has 0 radical (unpaired) electrons. The van der Waals surface area contributed by atoms with Gasteiger partial charge < -0.3 is 10.6 Å². The summed E-state index contributed by atoms with van der Waals surface area (Å²) in [7, 11) is 0. The lowest BCUT2D eigenvalue weighted by Gasteiger charge is -2.19. The molecule has 3 nitrogen and oxygen atoms in total. The third-order valence-corrected chi connectivity index (χ3v) is 5.00. The Hall–Kier alpha value is -1.39. The Morgan fingerprint density at radius 1 is 1.24 bits per heavy atom. The van der Waals surface area contributed by atoms with E-state index in [4.69, 9.17) is 10.7 Å². The van der Waals surface area contributed by atoms with Crippen LogP contribution in [-0.2, 0) is 13.1 Å². The molecule has 0 saturated carbocycles. The van der Waals surface area contributed by atoms with Gasteiger partial charge in [-0.3, -0.25) is 0 Å². The molecule has 0 fully saturated rings. The molecule has 21 heavy (non-hydrogen) atoms. The molecular weight excluding hydrogens is 278 g/mol. The first-order valence-electron chi connectivity index (χ1n) is 7.68. The lowest BCUT2D eigenvalue weighted by Crippen LogP contribution is -2.21. The molecule has 4 heteroatoms. The fourth-order valence-corrected chi connectivity index (χ4v) is 3.45. The van der Waals surface area contributed by atoms with Gasteiger partial charge in [0.1, 0.15) is 0 Å². The summed E-state index contributed by atoms with van der Waals surface area (Å²) in [5, 5.41) is 1.09. The maximum Gasteiger partial charge on any atom is 0.186 e. The molecule has 0 saturated heterocycles. The second kappa shape index (κ2) is 7.57. The minimum absolute atomic E-state index is 0.476. The molecule has 1 heterocycles. The number of hydrogen-bond acceptors (Lipinski definition) is 4. The third kappa shape index (κ3) is 3.83. The van der Waals surface area contributed by atoms with E-state index in [0.29, 0.717) is 12.5 Å². The van der Waals surface area contributed by atoms with Crippen molar-refractivity contribution in [3.05, 3.63) is 46.5 Å². The molecule has 1 atom stereocenters. The topological polar surface area (TPSA) is 42.2 Å². The second-order valence-electron chi connectivity index (χ2n) is 5.32. The number of anilines is 1. The summed E-state index contributed by atoms with van der Waals surface area (Å²) in [5.41, 5.74) is 8.40. The molecule has 2 N–H and O–H groups in total. The molecule has 0 aliphatic heterocycles. The minimum Gasteiger partial charge on any atom is -0.344 e. The number of rotatable bonds is 7. The van der Waals surface area contributed by atoms with Crippen molar-refractivity contribution in [2.45, 2.75) is 46.2 Å². The number of thiazole rings is 1. The molecule has 114 valence electrons. The first-order valence-corrected chi connectivity index (χ1v) is 8.49. The second-order valence-corrected chi connectivity index (χ2v) is 6.38. The van der Waals surface area contributed by atoms with Crippen LogP contribution in [0, 0.1) is 0 Å². The van der Waals surface area contributed by atoms with Gasteiger partial charge in [-0.05, 0) is 24.8 Å². The Bertz CT molecular complexity index is 550. The first kappa shape index (κ1) is 16.0.